The van der Waals surface area contributed by atoms with Crippen LogP contribution in [0.25, 0.3) is 10.9 Å². The third kappa shape index (κ3) is 3.89. The molecular weight excluding hydrogens is 395 g/mol. The maximum atomic E-state index is 12.9. The zero-order valence-corrected chi connectivity index (χ0v) is 15.9. The number of fused-ring (bicyclic) bond motifs is 1. The molecule has 0 atom stereocenters. The van der Waals surface area contributed by atoms with Crippen molar-refractivity contribution in [1.82, 2.24) is 4.98 Å². The van der Waals surface area contributed by atoms with Gasteiger partial charge in [0.2, 0.25) is 5.43 Å². The standard InChI is InChI=1S/C22H18F3N3O2/c23-22(24,25)17-3-1-14(2-4-17)9-15-10-18-19(27-13-16(12-26)21(18)29)11-20(15)28-5-7-30-8-6-28/h1-4,10-11,13H,5-9H2,(H,27,29). The zero-order chi connectivity index (χ0) is 21.3. The first-order valence-electron chi connectivity index (χ1n) is 9.44. The van der Waals surface area contributed by atoms with E-state index in [4.69, 9.17) is 10.00 Å². The Morgan fingerprint density at radius 2 is 1.83 bits per heavy atom. The lowest BCUT2D eigenvalue weighted by Gasteiger charge is -2.31. The highest BCUT2D eigenvalue weighted by molar-refractivity contribution is 5.85. The first kappa shape index (κ1) is 20.0. The number of hydrogen-bond donors (Lipinski definition) is 1. The molecule has 0 amide bonds. The number of benzene rings is 2. The van der Waals surface area contributed by atoms with Crippen LogP contribution in [0.1, 0.15) is 22.3 Å². The van der Waals surface area contributed by atoms with Crippen molar-refractivity contribution < 1.29 is 17.9 Å². The first-order valence-corrected chi connectivity index (χ1v) is 9.44. The van der Waals surface area contributed by atoms with Crippen LogP contribution in [0.3, 0.4) is 0 Å². The number of alkyl halides is 3. The summed E-state index contributed by atoms with van der Waals surface area (Å²) in [6, 6.07) is 10.5. The molecule has 2 heterocycles. The molecule has 0 spiro atoms. The zero-order valence-electron chi connectivity index (χ0n) is 15.9. The van der Waals surface area contributed by atoms with E-state index in [0.29, 0.717) is 49.2 Å². The molecule has 3 aromatic rings. The van der Waals surface area contributed by atoms with Crippen molar-refractivity contribution in [1.29, 1.82) is 5.26 Å². The highest BCUT2D eigenvalue weighted by Gasteiger charge is 2.30. The summed E-state index contributed by atoms with van der Waals surface area (Å²) in [4.78, 5) is 17.7. The molecule has 1 N–H and O–H groups in total. The number of pyridine rings is 1. The van der Waals surface area contributed by atoms with Gasteiger partial charge in [0.05, 0.1) is 24.3 Å². The fourth-order valence-electron chi connectivity index (χ4n) is 3.66. The number of halogens is 3. The van der Waals surface area contributed by atoms with E-state index in [1.165, 1.54) is 18.3 Å². The van der Waals surface area contributed by atoms with Gasteiger partial charge in [-0.05, 0) is 41.8 Å². The van der Waals surface area contributed by atoms with Gasteiger partial charge in [0.25, 0.3) is 0 Å². The van der Waals surface area contributed by atoms with Crippen molar-refractivity contribution in [2.24, 2.45) is 0 Å². The van der Waals surface area contributed by atoms with Gasteiger partial charge in [-0.2, -0.15) is 18.4 Å². The molecule has 1 saturated heterocycles. The van der Waals surface area contributed by atoms with E-state index in [9.17, 15) is 18.0 Å². The van der Waals surface area contributed by atoms with Crippen molar-refractivity contribution in [3.8, 4) is 6.07 Å². The summed E-state index contributed by atoms with van der Waals surface area (Å²) >= 11 is 0. The Morgan fingerprint density at radius 3 is 2.47 bits per heavy atom. The van der Waals surface area contributed by atoms with Crippen LogP contribution in [-0.2, 0) is 17.3 Å². The second-order valence-electron chi connectivity index (χ2n) is 7.14. The van der Waals surface area contributed by atoms with Crippen LogP contribution < -0.4 is 10.3 Å². The average Bonchev–Trinajstić information content (AvgIpc) is 2.74. The number of aromatic amines is 1. The number of rotatable bonds is 3. The first-order chi connectivity index (χ1) is 14.4. The fourth-order valence-corrected chi connectivity index (χ4v) is 3.66. The molecule has 8 heteroatoms. The van der Waals surface area contributed by atoms with Crippen LogP contribution in [0, 0.1) is 11.3 Å². The van der Waals surface area contributed by atoms with Crippen LogP contribution in [0.2, 0.25) is 0 Å². The van der Waals surface area contributed by atoms with Gasteiger partial charge in [-0.15, -0.1) is 0 Å². The molecule has 2 aromatic carbocycles. The van der Waals surface area contributed by atoms with Gasteiger partial charge in [-0.3, -0.25) is 4.79 Å². The molecule has 0 aliphatic carbocycles. The van der Waals surface area contributed by atoms with E-state index >= 15 is 0 Å². The Balaban J connectivity index is 1.80. The second-order valence-corrected chi connectivity index (χ2v) is 7.14. The molecule has 154 valence electrons. The summed E-state index contributed by atoms with van der Waals surface area (Å²) in [6.45, 7) is 2.49. The molecule has 0 radical (unpaired) electrons. The van der Waals surface area contributed by atoms with Crippen LogP contribution in [-0.4, -0.2) is 31.3 Å². The molecule has 0 unspecified atom stereocenters. The number of hydrogen-bond acceptors (Lipinski definition) is 4. The summed E-state index contributed by atoms with van der Waals surface area (Å²) < 4.78 is 44.0. The number of nitrogens with zero attached hydrogens (tertiary/aromatic N) is 2. The highest BCUT2D eigenvalue weighted by atomic mass is 19.4. The van der Waals surface area contributed by atoms with E-state index < -0.39 is 11.7 Å². The predicted molar refractivity (Wildman–Crippen MR) is 107 cm³/mol. The minimum Gasteiger partial charge on any atom is -0.378 e. The number of ether oxygens (including phenoxy) is 1. The van der Waals surface area contributed by atoms with Crippen molar-refractivity contribution in [3.05, 3.63) is 75.1 Å². The Hall–Kier alpha value is -3.31. The molecule has 5 nitrogen and oxygen atoms in total. The van der Waals surface area contributed by atoms with Gasteiger partial charge in [0.1, 0.15) is 11.6 Å². The van der Waals surface area contributed by atoms with Crippen LogP contribution in [0.15, 0.2) is 47.4 Å². The largest absolute Gasteiger partial charge is 0.416 e. The molecule has 1 fully saturated rings. The Bertz CT molecular complexity index is 1170. The number of nitrogens with one attached hydrogen (secondary N) is 1. The molecule has 0 bridgehead atoms. The molecular formula is C22H18F3N3O2. The van der Waals surface area contributed by atoms with Gasteiger partial charge in [0, 0.05) is 30.4 Å². The van der Waals surface area contributed by atoms with Crippen LogP contribution >= 0.6 is 0 Å². The Morgan fingerprint density at radius 1 is 1.13 bits per heavy atom. The maximum Gasteiger partial charge on any atom is 0.416 e. The number of morpholine rings is 1. The SMILES string of the molecule is N#Cc1c[nH]c2cc(N3CCOCC3)c(Cc3ccc(C(F)(F)F)cc3)cc2c1=O. The fraction of sp³-hybridized carbons (Fsp3) is 0.273. The summed E-state index contributed by atoms with van der Waals surface area (Å²) in [6.07, 6.45) is -2.64. The Labute approximate surface area is 170 Å². The molecule has 4 rings (SSSR count). The van der Waals surface area contributed by atoms with Gasteiger partial charge in [0.15, 0.2) is 0 Å². The number of aromatic nitrogens is 1. The monoisotopic (exact) mass is 413 g/mol. The third-order valence-corrected chi connectivity index (χ3v) is 5.23. The minimum absolute atomic E-state index is 0.0158. The summed E-state index contributed by atoms with van der Waals surface area (Å²) in [5, 5.41) is 9.53. The van der Waals surface area contributed by atoms with E-state index in [2.05, 4.69) is 9.88 Å². The van der Waals surface area contributed by atoms with Crippen LogP contribution in [0.5, 0.6) is 0 Å². The highest BCUT2D eigenvalue weighted by Crippen LogP contribution is 2.31. The van der Waals surface area contributed by atoms with Gasteiger partial charge < -0.3 is 14.6 Å². The van der Waals surface area contributed by atoms with Crippen molar-refractivity contribution in [2.45, 2.75) is 12.6 Å². The van der Waals surface area contributed by atoms with E-state index in [0.717, 1.165) is 23.4 Å². The van der Waals surface area contributed by atoms with Gasteiger partial charge >= 0.3 is 6.18 Å². The summed E-state index contributed by atoms with van der Waals surface area (Å²) in [7, 11) is 0. The second kappa shape index (κ2) is 7.84. The topological polar surface area (TPSA) is 69.1 Å². The summed E-state index contributed by atoms with van der Waals surface area (Å²) in [5.74, 6) is 0. The molecule has 30 heavy (non-hydrogen) atoms. The number of H-pyrrole nitrogens is 1. The molecule has 0 saturated carbocycles. The van der Waals surface area contributed by atoms with Crippen molar-refractivity contribution >= 4 is 16.6 Å². The smallest absolute Gasteiger partial charge is 0.378 e. The van der Waals surface area contributed by atoms with E-state index in [1.807, 2.05) is 12.1 Å². The van der Waals surface area contributed by atoms with Crippen molar-refractivity contribution in [3.63, 3.8) is 0 Å². The van der Waals surface area contributed by atoms with Crippen LogP contribution in [0.4, 0.5) is 18.9 Å². The minimum atomic E-state index is -4.39. The molecule has 1 aromatic heterocycles. The van der Waals surface area contributed by atoms with Crippen molar-refractivity contribution in [2.75, 3.05) is 31.2 Å². The molecule has 1 aliphatic rings. The van der Waals surface area contributed by atoms with E-state index in [1.54, 1.807) is 6.07 Å². The number of nitriles is 1. The molecule has 1 aliphatic heterocycles. The number of anilines is 1. The lowest BCUT2D eigenvalue weighted by molar-refractivity contribution is -0.137. The van der Waals surface area contributed by atoms with Gasteiger partial charge in [-0.25, -0.2) is 0 Å². The van der Waals surface area contributed by atoms with E-state index in [-0.39, 0.29) is 11.0 Å². The van der Waals surface area contributed by atoms with Gasteiger partial charge in [-0.1, -0.05) is 12.1 Å². The summed E-state index contributed by atoms with van der Waals surface area (Å²) in [5.41, 5.74) is 1.96. The lowest BCUT2D eigenvalue weighted by Crippen LogP contribution is -2.36. The Kier molecular flexibility index (Phi) is 5.22. The predicted octanol–water partition coefficient (Wildman–Crippen LogP) is 3.85. The maximum absolute atomic E-state index is 12.9. The quantitative estimate of drug-likeness (QED) is 0.708. The average molecular weight is 413 g/mol. The third-order valence-electron chi connectivity index (χ3n) is 5.23. The normalized spacial score (nSPS) is 14.7. The lowest BCUT2D eigenvalue weighted by atomic mass is 9.98.